The summed E-state index contributed by atoms with van der Waals surface area (Å²) in [5.74, 6) is 0.681. The normalized spacial score (nSPS) is 11.5. The van der Waals surface area contributed by atoms with E-state index in [1.807, 2.05) is 24.3 Å². The lowest BCUT2D eigenvalue weighted by Crippen LogP contribution is -2.09. The van der Waals surface area contributed by atoms with Gasteiger partial charge in [-0.1, -0.05) is 19.1 Å². The van der Waals surface area contributed by atoms with E-state index in [0.29, 0.717) is 18.6 Å². The maximum absolute atomic E-state index is 12.2. The molecule has 25 heavy (non-hydrogen) atoms. The highest BCUT2D eigenvalue weighted by atomic mass is 32.1. The summed E-state index contributed by atoms with van der Waals surface area (Å²) in [5, 5.41) is 0. The number of Topliss-reactive ketones (excluding diaryl/α,β-unsaturated/α-hetero) is 1. The zero-order valence-corrected chi connectivity index (χ0v) is 14.9. The van der Waals surface area contributed by atoms with Gasteiger partial charge in [0.2, 0.25) is 0 Å². The van der Waals surface area contributed by atoms with Crippen LogP contribution >= 0.6 is 11.3 Å². The molecule has 1 aromatic carbocycles. The molecule has 0 saturated carbocycles. The van der Waals surface area contributed by atoms with Gasteiger partial charge in [0.25, 0.3) is 0 Å². The van der Waals surface area contributed by atoms with Crippen molar-refractivity contribution in [3.05, 3.63) is 51.7 Å². The van der Waals surface area contributed by atoms with Gasteiger partial charge in [-0.2, -0.15) is 13.2 Å². The first-order chi connectivity index (χ1) is 11.9. The van der Waals surface area contributed by atoms with Crippen LogP contribution in [-0.2, 0) is 12.8 Å². The maximum Gasteiger partial charge on any atom is 0.389 e. The van der Waals surface area contributed by atoms with Gasteiger partial charge in [0.05, 0.1) is 11.5 Å². The Morgan fingerprint density at radius 2 is 1.84 bits per heavy atom. The average Bonchev–Trinajstić information content (AvgIpc) is 3.06. The van der Waals surface area contributed by atoms with Gasteiger partial charge in [0, 0.05) is 17.7 Å². The number of thiophene rings is 1. The first-order valence-corrected chi connectivity index (χ1v) is 9.09. The molecule has 6 heteroatoms. The van der Waals surface area contributed by atoms with Crippen LogP contribution in [0.25, 0.3) is 0 Å². The quantitative estimate of drug-likeness (QED) is 0.409. The van der Waals surface area contributed by atoms with E-state index >= 15 is 0 Å². The lowest BCUT2D eigenvalue weighted by molar-refractivity contribution is -0.136. The third-order valence-corrected chi connectivity index (χ3v) is 4.99. The fourth-order valence-corrected chi connectivity index (χ4v) is 3.23. The molecule has 0 saturated heterocycles. The number of carbonyl (C=O) groups is 1. The minimum Gasteiger partial charge on any atom is -0.494 e. The molecule has 2 rings (SSSR count). The highest BCUT2D eigenvalue weighted by Gasteiger charge is 2.26. The van der Waals surface area contributed by atoms with Crippen molar-refractivity contribution >= 4 is 17.1 Å². The Kier molecular flexibility index (Phi) is 7.05. The molecule has 0 radical (unpaired) electrons. The van der Waals surface area contributed by atoms with Gasteiger partial charge >= 0.3 is 6.18 Å². The maximum atomic E-state index is 12.2. The second-order valence-corrected chi connectivity index (χ2v) is 6.92. The summed E-state index contributed by atoms with van der Waals surface area (Å²) in [6.07, 6.45) is -3.03. The van der Waals surface area contributed by atoms with Crippen molar-refractivity contribution in [2.24, 2.45) is 0 Å². The van der Waals surface area contributed by atoms with Crippen molar-refractivity contribution in [2.75, 3.05) is 6.61 Å². The highest BCUT2D eigenvalue weighted by Crippen LogP contribution is 2.22. The summed E-state index contributed by atoms with van der Waals surface area (Å²) in [4.78, 5) is 14.2. The number of ether oxygens (including phenoxy) is 1. The van der Waals surface area contributed by atoms with E-state index < -0.39 is 12.6 Å². The van der Waals surface area contributed by atoms with Gasteiger partial charge in [-0.25, -0.2) is 0 Å². The monoisotopic (exact) mass is 370 g/mol. The summed E-state index contributed by atoms with van der Waals surface area (Å²) in [6, 6.07) is 11.0. The third kappa shape index (κ3) is 6.90. The first-order valence-electron chi connectivity index (χ1n) is 8.28. The number of ketones is 1. The SMILES string of the molecule is CCc1ccc(C(=O)CCc2ccc(OCCCC(F)(F)F)cc2)s1. The zero-order chi connectivity index (χ0) is 18.3. The molecule has 0 atom stereocenters. The van der Waals surface area contributed by atoms with Crippen LogP contribution in [0.15, 0.2) is 36.4 Å². The third-order valence-electron chi connectivity index (χ3n) is 3.72. The van der Waals surface area contributed by atoms with Crippen molar-refractivity contribution in [1.29, 1.82) is 0 Å². The largest absolute Gasteiger partial charge is 0.494 e. The lowest BCUT2D eigenvalue weighted by atomic mass is 10.1. The van der Waals surface area contributed by atoms with E-state index in [0.717, 1.165) is 16.9 Å². The predicted molar refractivity (Wildman–Crippen MR) is 93.6 cm³/mol. The number of aryl methyl sites for hydroxylation is 2. The molecule has 0 fully saturated rings. The minimum absolute atomic E-state index is 0.0372. The van der Waals surface area contributed by atoms with E-state index in [1.165, 1.54) is 4.88 Å². The Hall–Kier alpha value is -1.82. The Bertz CT molecular complexity index is 675. The van der Waals surface area contributed by atoms with Crippen molar-refractivity contribution in [2.45, 2.75) is 45.2 Å². The van der Waals surface area contributed by atoms with Gasteiger partial charge in [-0.05, 0) is 49.1 Å². The fourth-order valence-electron chi connectivity index (χ4n) is 2.31. The van der Waals surface area contributed by atoms with Crippen LogP contribution in [0.5, 0.6) is 5.75 Å². The molecule has 2 aromatic rings. The molecular formula is C19H21F3O2S. The van der Waals surface area contributed by atoms with Crippen LogP contribution in [0.1, 0.15) is 46.3 Å². The van der Waals surface area contributed by atoms with Crippen LogP contribution in [0, 0.1) is 0 Å². The molecule has 0 spiro atoms. The molecule has 0 bridgehead atoms. The molecule has 136 valence electrons. The van der Waals surface area contributed by atoms with Crippen LogP contribution in [0.2, 0.25) is 0 Å². The molecule has 0 aliphatic heterocycles. The number of carbonyl (C=O) groups excluding carboxylic acids is 1. The topological polar surface area (TPSA) is 26.3 Å². The van der Waals surface area contributed by atoms with E-state index in [2.05, 4.69) is 6.92 Å². The van der Waals surface area contributed by atoms with Gasteiger partial charge in [-0.15, -0.1) is 11.3 Å². The average molecular weight is 370 g/mol. The number of rotatable bonds is 9. The summed E-state index contributed by atoms with van der Waals surface area (Å²) in [5.41, 5.74) is 1.00. The van der Waals surface area contributed by atoms with Crippen LogP contribution in [0.4, 0.5) is 13.2 Å². The molecule has 0 amide bonds. The van der Waals surface area contributed by atoms with Crippen LogP contribution in [0.3, 0.4) is 0 Å². The van der Waals surface area contributed by atoms with Crippen molar-refractivity contribution in [3.8, 4) is 5.75 Å². The molecule has 0 aliphatic rings. The summed E-state index contributed by atoms with van der Waals surface area (Å²) in [7, 11) is 0. The number of benzene rings is 1. The molecule has 1 aromatic heterocycles. The van der Waals surface area contributed by atoms with Gasteiger partial charge < -0.3 is 4.74 Å². The van der Waals surface area contributed by atoms with Crippen molar-refractivity contribution in [3.63, 3.8) is 0 Å². The van der Waals surface area contributed by atoms with Gasteiger partial charge in [0.1, 0.15) is 5.75 Å². The Morgan fingerprint density at radius 1 is 1.12 bits per heavy atom. The number of hydrogen-bond acceptors (Lipinski definition) is 3. The molecule has 1 heterocycles. The second-order valence-electron chi connectivity index (χ2n) is 5.75. The fraction of sp³-hybridized carbons (Fsp3) is 0.421. The lowest BCUT2D eigenvalue weighted by Gasteiger charge is -2.08. The van der Waals surface area contributed by atoms with Gasteiger partial charge in [-0.3, -0.25) is 4.79 Å². The Morgan fingerprint density at radius 3 is 2.44 bits per heavy atom. The van der Waals surface area contributed by atoms with E-state index in [9.17, 15) is 18.0 Å². The number of halogens is 3. The van der Waals surface area contributed by atoms with E-state index in [4.69, 9.17) is 4.74 Å². The Balaban J connectivity index is 1.75. The zero-order valence-electron chi connectivity index (χ0n) is 14.1. The molecule has 0 N–H and O–H groups in total. The van der Waals surface area contributed by atoms with E-state index in [-0.39, 0.29) is 18.8 Å². The van der Waals surface area contributed by atoms with Crippen molar-refractivity contribution < 1.29 is 22.7 Å². The standard InChI is InChI=1S/C19H21F3O2S/c1-2-16-9-11-18(25-16)17(23)10-6-14-4-7-15(8-5-14)24-13-3-12-19(20,21)22/h4-5,7-9,11H,2-3,6,10,12-13H2,1H3. The smallest absolute Gasteiger partial charge is 0.389 e. The van der Waals surface area contributed by atoms with Crippen LogP contribution in [-0.4, -0.2) is 18.6 Å². The molecule has 2 nitrogen and oxygen atoms in total. The molecule has 0 aliphatic carbocycles. The van der Waals surface area contributed by atoms with Crippen LogP contribution < -0.4 is 4.74 Å². The van der Waals surface area contributed by atoms with E-state index in [1.54, 1.807) is 23.5 Å². The number of alkyl halides is 3. The summed E-state index contributed by atoms with van der Waals surface area (Å²) < 4.78 is 41.4. The summed E-state index contributed by atoms with van der Waals surface area (Å²) >= 11 is 1.54. The summed E-state index contributed by atoms with van der Waals surface area (Å²) in [6.45, 7) is 2.10. The number of hydrogen-bond donors (Lipinski definition) is 0. The highest BCUT2D eigenvalue weighted by molar-refractivity contribution is 7.14. The van der Waals surface area contributed by atoms with Crippen molar-refractivity contribution in [1.82, 2.24) is 0 Å². The first kappa shape index (κ1) is 19.5. The minimum atomic E-state index is -4.14. The Labute approximate surface area is 149 Å². The van der Waals surface area contributed by atoms with Gasteiger partial charge in [0.15, 0.2) is 5.78 Å². The molecular weight excluding hydrogens is 349 g/mol. The predicted octanol–water partition coefficient (Wildman–Crippen LogP) is 5.85. The second kappa shape index (κ2) is 9.04. The molecule has 0 unspecified atom stereocenters.